The van der Waals surface area contributed by atoms with Crippen molar-refractivity contribution in [1.29, 1.82) is 0 Å². The fourth-order valence-corrected chi connectivity index (χ4v) is 2.88. The van der Waals surface area contributed by atoms with Gasteiger partial charge in [-0.25, -0.2) is 4.79 Å². The SMILES string of the molecule is COc1ccc(-c2noc(COC(=O)COc3ccc(C(C)C)c(C)c3)n2)cc1. The smallest absolute Gasteiger partial charge is 0.344 e. The third-order valence-corrected chi connectivity index (χ3v) is 4.39. The van der Waals surface area contributed by atoms with Crippen molar-refractivity contribution in [2.24, 2.45) is 0 Å². The van der Waals surface area contributed by atoms with E-state index in [1.54, 1.807) is 19.2 Å². The maximum Gasteiger partial charge on any atom is 0.344 e. The number of hydrogen-bond acceptors (Lipinski definition) is 7. The predicted molar refractivity (Wildman–Crippen MR) is 107 cm³/mol. The molecule has 0 N–H and O–H groups in total. The first kappa shape index (κ1) is 20.4. The summed E-state index contributed by atoms with van der Waals surface area (Å²) in [6.45, 7) is 5.99. The molecule has 0 bridgehead atoms. The number of hydrogen-bond donors (Lipinski definition) is 0. The number of ether oxygens (including phenoxy) is 3. The fourth-order valence-electron chi connectivity index (χ4n) is 2.88. The van der Waals surface area contributed by atoms with Crippen LogP contribution in [-0.4, -0.2) is 29.8 Å². The fraction of sp³-hybridized carbons (Fsp3) is 0.318. The average Bonchev–Trinajstić information content (AvgIpc) is 3.19. The maximum atomic E-state index is 11.9. The van der Waals surface area contributed by atoms with Crippen molar-refractivity contribution in [3.05, 3.63) is 59.5 Å². The van der Waals surface area contributed by atoms with Gasteiger partial charge in [-0.05, 0) is 60.4 Å². The molecule has 0 radical (unpaired) electrons. The average molecular weight is 396 g/mol. The molecule has 3 rings (SSSR count). The Kier molecular flexibility index (Phi) is 6.49. The molecule has 7 nitrogen and oxygen atoms in total. The minimum atomic E-state index is -0.514. The van der Waals surface area contributed by atoms with Gasteiger partial charge in [0.25, 0.3) is 5.89 Å². The molecule has 0 aliphatic rings. The minimum absolute atomic E-state index is 0.114. The second-order valence-corrected chi connectivity index (χ2v) is 6.86. The maximum absolute atomic E-state index is 11.9. The number of esters is 1. The first-order valence-electron chi connectivity index (χ1n) is 9.32. The molecule has 0 atom stereocenters. The zero-order valence-electron chi connectivity index (χ0n) is 17.0. The molecule has 0 spiro atoms. The van der Waals surface area contributed by atoms with Crippen LogP contribution in [-0.2, 0) is 16.1 Å². The van der Waals surface area contributed by atoms with Crippen LogP contribution < -0.4 is 9.47 Å². The van der Waals surface area contributed by atoms with Crippen LogP contribution in [0, 0.1) is 6.92 Å². The first-order chi connectivity index (χ1) is 14.0. The molecule has 0 aliphatic carbocycles. The van der Waals surface area contributed by atoms with Crippen molar-refractivity contribution >= 4 is 5.97 Å². The van der Waals surface area contributed by atoms with E-state index in [1.165, 1.54) is 5.56 Å². The molecule has 1 heterocycles. The molecule has 152 valence electrons. The molecule has 0 saturated heterocycles. The highest BCUT2D eigenvalue weighted by atomic mass is 16.6. The number of nitrogens with zero attached hydrogens (tertiary/aromatic N) is 2. The topological polar surface area (TPSA) is 83.7 Å². The Bertz CT molecular complexity index is 964. The Morgan fingerprint density at radius 2 is 1.83 bits per heavy atom. The zero-order valence-corrected chi connectivity index (χ0v) is 17.0. The summed E-state index contributed by atoms with van der Waals surface area (Å²) in [5.41, 5.74) is 3.16. The quantitative estimate of drug-likeness (QED) is 0.525. The number of aryl methyl sites for hydroxylation is 1. The summed E-state index contributed by atoms with van der Waals surface area (Å²) in [6.07, 6.45) is 0. The van der Waals surface area contributed by atoms with Crippen molar-refractivity contribution in [3.8, 4) is 22.9 Å². The second kappa shape index (κ2) is 9.23. The van der Waals surface area contributed by atoms with Gasteiger partial charge in [0.1, 0.15) is 11.5 Å². The highest BCUT2D eigenvalue weighted by Crippen LogP contribution is 2.23. The lowest BCUT2D eigenvalue weighted by Crippen LogP contribution is -2.15. The summed E-state index contributed by atoms with van der Waals surface area (Å²) in [5, 5.41) is 3.90. The van der Waals surface area contributed by atoms with Gasteiger partial charge >= 0.3 is 5.97 Å². The number of aromatic nitrogens is 2. The van der Waals surface area contributed by atoms with Crippen LogP contribution in [0.4, 0.5) is 0 Å². The van der Waals surface area contributed by atoms with Crippen LogP contribution in [0.3, 0.4) is 0 Å². The third kappa shape index (κ3) is 5.34. The number of methoxy groups -OCH3 is 1. The first-order valence-corrected chi connectivity index (χ1v) is 9.32. The molecule has 0 aliphatic heterocycles. The Morgan fingerprint density at radius 1 is 1.10 bits per heavy atom. The van der Waals surface area contributed by atoms with Crippen LogP contribution >= 0.6 is 0 Å². The van der Waals surface area contributed by atoms with Crippen molar-refractivity contribution in [2.45, 2.75) is 33.3 Å². The third-order valence-electron chi connectivity index (χ3n) is 4.39. The van der Waals surface area contributed by atoms with Gasteiger partial charge in [0, 0.05) is 5.56 Å². The highest BCUT2D eigenvalue weighted by Gasteiger charge is 2.12. The van der Waals surface area contributed by atoms with Crippen molar-refractivity contribution in [3.63, 3.8) is 0 Å². The molecule has 0 fully saturated rings. The van der Waals surface area contributed by atoms with Crippen LogP contribution in [0.5, 0.6) is 11.5 Å². The Hall–Kier alpha value is -3.35. The molecular formula is C22H24N2O5. The summed E-state index contributed by atoms with van der Waals surface area (Å²) in [6, 6.07) is 13.0. The van der Waals surface area contributed by atoms with Gasteiger partial charge < -0.3 is 18.7 Å². The molecule has 2 aromatic carbocycles. The summed E-state index contributed by atoms with van der Waals surface area (Å²) < 4.78 is 20.9. The van der Waals surface area contributed by atoms with E-state index in [0.717, 1.165) is 16.9 Å². The van der Waals surface area contributed by atoms with Gasteiger partial charge in [-0.2, -0.15) is 4.98 Å². The molecule has 29 heavy (non-hydrogen) atoms. The lowest BCUT2D eigenvalue weighted by atomic mass is 9.98. The standard InChI is InChI=1S/C22H24N2O5/c1-14(2)19-10-9-18(11-15(19)3)27-13-21(25)28-12-20-23-22(24-29-20)16-5-7-17(26-4)8-6-16/h5-11,14H,12-13H2,1-4H3. The lowest BCUT2D eigenvalue weighted by Gasteiger charge is -2.12. The normalized spacial score (nSPS) is 10.8. The number of benzene rings is 2. The van der Waals surface area contributed by atoms with E-state index in [2.05, 4.69) is 24.0 Å². The Morgan fingerprint density at radius 3 is 2.48 bits per heavy atom. The lowest BCUT2D eigenvalue weighted by molar-refractivity contribution is -0.148. The van der Waals surface area contributed by atoms with E-state index < -0.39 is 5.97 Å². The van der Waals surface area contributed by atoms with Crippen molar-refractivity contribution in [1.82, 2.24) is 10.1 Å². The van der Waals surface area contributed by atoms with E-state index in [0.29, 0.717) is 17.5 Å². The van der Waals surface area contributed by atoms with Gasteiger partial charge in [0.05, 0.1) is 7.11 Å². The molecule has 0 amide bonds. The van der Waals surface area contributed by atoms with Crippen LogP contribution in [0.25, 0.3) is 11.4 Å². The van der Waals surface area contributed by atoms with Gasteiger partial charge in [-0.15, -0.1) is 0 Å². The van der Waals surface area contributed by atoms with E-state index in [9.17, 15) is 4.79 Å². The molecule has 3 aromatic rings. The van der Waals surface area contributed by atoms with Crippen molar-refractivity contribution < 1.29 is 23.5 Å². The van der Waals surface area contributed by atoms with Gasteiger partial charge in [0.2, 0.25) is 5.82 Å². The van der Waals surface area contributed by atoms with Crippen molar-refractivity contribution in [2.75, 3.05) is 13.7 Å². The zero-order chi connectivity index (χ0) is 20.8. The molecule has 7 heteroatoms. The van der Waals surface area contributed by atoms with E-state index in [-0.39, 0.29) is 19.1 Å². The van der Waals surface area contributed by atoms with Gasteiger partial charge in [-0.3, -0.25) is 0 Å². The van der Waals surface area contributed by atoms with E-state index >= 15 is 0 Å². The van der Waals surface area contributed by atoms with Crippen LogP contribution in [0.1, 0.15) is 36.8 Å². The predicted octanol–water partition coefficient (Wildman–Crippen LogP) is 4.30. The minimum Gasteiger partial charge on any atom is -0.497 e. The summed E-state index contributed by atoms with van der Waals surface area (Å²) in [7, 11) is 1.60. The number of rotatable bonds is 8. The van der Waals surface area contributed by atoms with Crippen LogP contribution in [0.2, 0.25) is 0 Å². The summed E-state index contributed by atoms with van der Waals surface area (Å²) in [5.74, 6) is 1.91. The number of carbonyl (C=O) groups is 1. The van der Waals surface area contributed by atoms with Gasteiger partial charge in [0.15, 0.2) is 13.2 Å². The summed E-state index contributed by atoms with van der Waals surface area (Å²) >= 11 is 0. The van der Waals surface area contributed by atoms with Crippen LogP contribution in [0.15, 0.2) is 47.0 Å². The Balaban J connectivity index is 1.49. The largest absolute Gasteiger partial charge is 0.497 e. The second-order valence-electron chi connectivity index (χ2n) is 6.86. The van der Waals surface area contributed by atoms with E-state index in [4.69, 9.17) is 18.7 Å². The Labute approximate surface area is 169 Å². The number of carbonyl (C=O) groups excluding carboxylic acids is 1. The molecule has 0 unspecified atom stereocenters. The molecule has 1 aromatic heterocycles. The molecule has 0 saturated carbocycles. The monoisotopic (exact) mass is 396 g/mol. The van der Waals surface area contributed by atoms with E-state index in [1.807, 2.05) is 37.3 Å². The highest BCUT2D eigenvalue weighted by molar-refractivity contribution is 5.71. The summed E-state index contributed by atoms with van der Waals surface area (Å²) in [4.78, 5) is 16.2. The molecular weight excluding hydrogens is 372 g/mol. The van der Waals surface area contributed by atoms with Gasteiger partial charge in [-0.1, -0.05) is 25.1 Å².